The fourth-order valence-electron chi connectivity index (χ4n) is 3.75. The van der Waals surface area contributed by atoms with E-state index in [1.165, 1.54) is 36.0 Å². The molecule has 3 heteroatoms. The zero-order chi connectivity index (χ0) is 19.4. The van der Waals surface area contributed by atoms with Crippen LogP contribution in [0, 0.1) is 0 Å². The minimum absolute atomic E-state index is 0.0314. The summed E-state index contributed by atoms with van der Waals surface area (Å²) >= 11 is 0. The Morgan fingerprint density at radius 2 is 1.67 bits per heavy atom. The lowest BCUT2D eigenvalue weighted by Crippen LogP contribution is -2.38. The highest BCUT2D eigenvalue weighted by Gasteiger charge is 2.20. The van der Waals surface area contributed by atoms with Crippen molar-refractivity contribution >= 4 is 5.91 Å². The molecule has 1 aliphatic carbocycles. The van der Waals surface area contributed by atoms with Crippen LogP contribution in [0.1, 0.15) is 74.8 Å². The molecular weight excluding hydrogens is 334 g/mol. The Labute approximate surface area is 163 Å². The molecule has 2 aromatic rings. The summed E-state index contributed by atoms with van der Waals surface area (Å²) in [5.41, 5.74) is 5.19. The van der Waals surface area contributed by atoms with Gasteiger partial charge >= 0.3 is 0 Å². The van der Waals surface area contributed by atoms with Gasteiger partial charge in [-0.05, 0) is 73.8 Å². The number of fused-ring (bicyclic) bond motifs is 1. The van der Waals surface area contributed by atoms with Crippen LogP contribution in [0.3, 0.4) is 0 Å². The quantitative estimate of drug-likeness (QED) is 0.751. The number of nitrogens with one attached hydrogen (secondary N) is 1. The lowest BCUT2D eigenvalue weighted by molar-refractivity contribution is -0.127. The summed E-state index contributed by atoms with van der Waals surface area (Å²) in [5, 5.41) is 3.11. The third kappa shape index (κ3) is 4.71. The van der Waals surface area contributed by atoms with Gasteiger partial charge in [0, 0.05) is 0 Å². The van der Waals surface area contributed by atoms with Crippen molar-refractivity contribution in [2.45, 2.75) is 71.4 Å². The van der Waals surface area contributed by atoms with Crippen molar-refractivity contribution in [3.05, 3.63) is 64.7 Å². The maximum absolute atomic E-state index is 12.7. The average molecular weight is 366 g/mol. The van der Waals surface area contributed by atoms with Crippen LogP contribution in [-0.2, 0) is 17.6 Å². The molecule has 27 heavy (non-hydrogen) atoms. The standard InChI is InChI=1S/C24H31NO2/c1-16(2)22-11-7-8-12-23(22)27-18(4)24(26)25-17(3)20-14-13-19-9-5-6-10-21(19)15-20/h7-8,11-18H,5-6,9-10H2,1-4H3,(H,25,26). The molecule has 3 nitrogen and oxygen atoms in total. The number of carbonyl (C=O) groups excluding carboxylic acids is 1. The molecule has 0 heterocycles. The van der Waals surface area contributed by atoms with Crippen molar-refractivity contribution < 1.29 is 9.53 Å². The second kappa shape index (κ2) is 8.60. The van der Waals surface area contributed by atoms with Gasteiger partial charge in [-0.3, -0.25) is 4.79 Å². The fourth-order valence-corrected chi connectivity index (χ4v) is 3.75. The van der Waals surface area contributed by atoms with E-state index in [2.05, 4.69) is 43.4 Å². The van der Waals surface area contributed by atoms with Gasteiger partial charge in [0.05, 0.1) is 6.04 Å². The van der Waals surface area contributed by atoms with Crippen molar-refractivity contribution in [2.75, 3.05) is 0 Å². The van der Waals surface area contributed by atoms with E-state index in [1.807, 2.05) is 32.0 Å². The van der Waals surface area contributed by atoms with E-state index in [0.717, 1.165) is 17.7 Å². The van der Waals surface area contributed by atoms with Gasteiger partial charge in [0.1, 0.15) is 5.75 Å². The number of para-hydroxylation sites is 1. The smallest absolute Gasteiger partial charge is 0.261 e. The number of ether oxygens (including phenoxy) is 1. The van der Waals surface area contributed by atoms with E-state index in [9.17, 15) is 4.79 Å². The number of amides is 1. The summed E-state index contributed by atoms with van der Waals surface area (Å²) in [6.45, 7) is 8.11. The molecule has 2 aromatic carbocycles. The Hall–Kier alpha value is -2.29. The second-order valence-electron chi connectivity index (χ2n) is 7.92. The van der Waals surface area contributed by atoms with Gasteiger partial charge in [-0.2, -0.15) is 0 Å². The fraction of sp³-hybridized carbons (Fsp3) is 0.458. The molecule has 1 N–H and O–H groups in total. The SMILES string of the molecule is CC(Oc1ccccc1C(C)C)C(=O)NC(C)c1ccc2c(c1)CCCC2. The number of aryl methyl sites for hydroxylation is 2. The molecule has 1 aliphatic rings. The second-order valence-corrected chi connectivity index (χ2v) is 7.92. The van der Waals surface area contributed by atoms with Gasteiger partial charge in [-0.1, -0.05) is 50.2 Å². The molecule has 0 radical (unpaired) electrons. The van der Waals surface area contributed by atoms with E-state index in [1.54, 1.807) is 0 Å². The molecule has 144 valence electrons. The highest BCUT2D eigenvalue weighted by molar-refractivity contribution is 5.81. The minimum atomic E-state index is -0.537. The first kappa shape index (κ1) is 19.5. The minimum Gasteiger partial charge on any atom is -0.481 e. The molecule has 0 saturated heterocycles. The topological polar surface area (TPSA) is 38.3 Å². The predicted molar refractivity (Wildman–Crippen MR) is 110 cm³/mol. The molecule has 0 aromatic heterocycles. The molecule has 0 fully saturated rings. The Morgan fingerprint density at radius 3 is 2.41 bits per heavy atom. The van der Waals surface area contributed by atoms with Crippen LogP contribution < -0.4 is 10.1 Å². The lowest BCUT2D eigenvalue weighted by atomic mass is 9.89. The van der Waals surface area contributed by atoms with Crippen LogP contribution in [-0.4, -0.2) is 12.0 Å². The molecule has 0 saturated carbocycles. The molecule has 1 amide bonds. The molecular formula is C24H31NO2. The lowest BCUT2D eigenvalue weighted by Gasteiger charge is -2.22. The van der Waals surface area contributed by atoms with E-state index >= 15 is 0 Å². The van der Waals surface area contributed by atoms with Crippen LogP contribution in [0.4, 0.5) is 0 Å². The van der Waals surface area contributed by atoms with E-state index in [0.29, 0.717) is 5.92 Å². The molecule has 0 bridgehead atoms. The Bertz CT molecular complexity index is 797. The first-order chi connectivity index (χ1) is 13.0. The van der Waals surface area contributed by atoms with Gasteiger partial charge in [0.15, 0.2) is 6.10 Å². The Balaban J connectivity index is 1.64. The summed E-state index contributed by atoms with van der Waals surface area (Å²) in [4.78, 5) is 12.7. The summed E-state index contributed by atoms with van der Waals surface area (Å²) in [6.07, 6.45) is 4.33. The van der Waals surface area contributed by atoms with Crippen molar-refractivity contribution in [3.8, 4) is 5.75 Å². The number of rotatable bonds is 6. The van der Waals surface area contributed by atoms with E-state index in [4.69, 9.17) is 4.74 Å². The highest BCUT2D eigenvalue weighted by atomic mass is 16.5. The van der Waals surface area contributed by atoms with Crippen molar-refractivity contribution in [1.29, 1.82) is 0 Å². The monoisotopic (exact) mass is 365 g/mol. The number of hydrogen-bond donors (Lipinski definition) is 1. The zero-order valence-corrected chi connectivity index (χ0v) is 16.9. The summed E-state index contributed by atoms with van der Waals surface area (Å²) in [5.74, 6) is 1.06. The first-order valence-corrected chi connectivity index (χ1v) is 10.1. The molecule has 2 unspecified atom stereocenters. The van der Waals surface area contributed by atoms with Gasteiger partial charge in [0.2, 0.25) is 0 Å². The van der Waals surface area contributed by atoms with Gasteiger partial charge < -0.3 is 10.1 Å². The number of benzene rings is 2. The third-order valence-electron chi connectivity index (χ3n) is 5.45. The summed E-state index contributed by atoms with van der Waals surface area (Å²) in [6, 6.07) is 14.6. The van der Waals surface area contributed by atoms with Gasteiger partial charge in [-0.15, -0.1) is 0 Å². The number of hydrogen-bond acceptors (Lipinski definition) is 2. The van der Waals surface area contributed by atoms with Crippen LogP contribution >= 0.6 is 0 Å². The highest BCUT2D eigenvalue weighted by Crippen LogP contribution is 2.27. The predicted octanol–water partition coefficient (Wildman–Crippen LogP) is 5.33. The number of carbonyl (C=O) groups is 1. The first-order valence-electron chi connectivity index (χ1n) is 10.1. The maximum atomic E-state index is 12.7. The summed E-state index contributed by atoms with van der Waals surface area (Å²) in [7, 11) is 0. The summed E-state index contributed by atoms with van der Waals surface area (Å²) < 4.78 is 5.98. The van der Waals surface area contributed by atoms with Crippen LogP contribution in [0.25, 0.3) is 0 Å². The van der Waals surface area contributed by atoms with Gasteiger partial charge in [0.25, 0.3) is 5.91 Å². The van der Waals surface area contributed by atoms with E-state index < -0.39 is 6.10 Å². The van der Waals surface area contributed by atoms with Crippen LogP contribution in [0.2, 0.25) is 0 Å². The normalized spacial score (nSPS) is 15.7. The maximum Gasteiger partial charge on any atom is 0.261 e. The average Bonchev–Trinajstić information content (AvgIpc) is 2.67. The van der Waals surface area contributed by atoms with Crippen molar-refractivity contribution in [3.63, 3.8) is 0 Å². The van der Waals surface area contributed by atoms with Crippen LogP contribution in [0.5, 0.6) is 5.75 Å². The molecule has 2 atom stereocenters. The molecule has 0 spiro atoms. The molecule has 3 rings (SSSR count). The third-order valence-corrected chi connectivity index (χ3v) is 5.45. The molecule has 0 aliphatic heterocycles. The van der Waals surface area contributed by atoms with Crippen molar-refractivity contribution in [1.82, 2.24) is 5.32 Å². The van der Waals surface area contributed by atoms with Gasteiger partial charge in [-0.25, -0.2) is 0 Å². The largest absolute Gasteiger partial charge is 0.481 e. The van der Waals surface area contributed by atoms with Crippen molar-refractivity contribution in [2.24, 2.45) is 0 Å². The Kier molecular flexibility index (Phi) is 6.20. The van der Waals surface area contributed by atoms with E-state index in [-0.39, 0.29) is 11.9 Å². The zero-order valence-electron chi connectivity index (χ0n) is 16.9. The van der Waals surface area contributed by atoms with Crippen LogP contribution in [0.15, 0.2) is 42.5 Å². The Morgan fingerprint density at radius 1 is 0.963 bits per heavy atom.